The van der Waals surface area contributed by atoms with E-state index in [9.17, 15) is 15.3 Å². The van der Waals surface area contributed by atoms with Crippen LogP contribution in [-0.4, -0.2) is 40.9 Å². The van der Waals surface area contributed by atoms with E-state index in [1.54, 1.807) is 19.2 Å². The van der Waals surface area contributed by atoms with Gasteiger partial charge in [-0.15, -0.1) is 0 Å². The minimum absolute atomic E-state index is 0.0250. The van der Waals surface area contributed by atoms with E-state index in [1.165, 1.54) is 11.6 Å². The predicted molar refractivity (Wildman–Crippen MR) is 118 cm³/mol. The summed E-state index contributed by atoms with van der Waals surface area (Å²) in [5.41, 5.74) is 4.14. The van der Waals surface area contributed by atoms with Gasteiger partial charge in [0.1, 0.15) is 5.75 Å². The summed E-state index contributed by atoms with van der Waals surface area (Å²) in [4.78, 5) is 2.30. The van der Waals surface area contributed by atoms with Gasteiger partial charge in [0.15, 0.2) is 23.0 Å². The number of nitrogens with zero attached hydrogens (tertiary/aromatic N) is 1. The molecular formula is C25H27NO5. The zero-order valence-electron chi connectivity index (χ0n) is 17.7. The third-order valence-electron chi connectivity index (χ3n) is 5.85. The summed E-state index contributed by atoms with van der Waals surface area (Å²) in [6.07, 6.45) is 1.71. The maximum Gasteiger partial charge on any atom is 0.169 e. The average molecular weight is 421 g/mol. The highest BCUT2D eigenvalue weighted by molar-refractivity contribution is 5.49. The van der Waals surface area contributed by atoms with Crippen LogP contribution in [0, 0.1) is 0 Å². The molecule has 0 saturated carbocycles. The van der Waals surface area contributed by atoms with Crippen LogP contribution in [0.5, 0.6) is 28.7 Å². The highest BCUT2D eigenvalue weighted by Crippen LogP contribution is 2.38. The number of phenols is 2. The summed E-state index contributed by atoms with van der Waals surface area (Å²) in [7, 11) is 3.67. The number of aliphatic hydroxyl groups is 1. The first-order valence-corrected chi connectivity index (χ1v) is 10.3. The quantitative estimate of drug-likeness (QED) is 0.554. The van der Waals surface area contributed by atoms with Crippen LogP contribution in [0.3, 0.4) is 0 Å². The Balaban J connectivity index is 1.53. The minimum Gasteiger partial charge on any atom is -0.504 e. The van der Waals surface area contributed by atoms with E-state index in [0.29, 0.717) is 22.8 Å². The topological polar surface area (TPSA) is 82.4 Å². The molecule has 4 rings (SSSR count). The van der Waals surface area contributed by atoms with Gasteiger partial charge in [-0.1, -0.05) is 18.2 Å². The van der Waals surface area contributed by atoms with Gasteiger partial charge in [0.2, 0.25) is 0 Å². The summed E-state index contributed by atoms with van der Waals surface area (Å²) < 4.78 is 11.1. The molecular weight excluding hydrogens is 394 g/mol. The number of likely N-dealkylation sites (N-methyl/N-ethyl adjacent to an activating group) is 1. The van der Waals surface area contributed by atoms with Gasteiger partial charge in [0.25, 0.3) is 0 Å². The van der Waals surface area contributed by atoms with Crippen LogP contribution in [0.15, 0.2) is 54.6 Å². The molecule has 6 nitrogen and oxygen atoms in total. The summed E-state index contributed by atoms with van der Waals surface area (Å²) in [5.74, 6) is 1.61. The highest BCUT2D eigenvalue weighted by Gasteiger charge is 2.26. The fraction of sp³-hybridized carbons (Fsp3) is 0.280. The van der Waals surface area contributed by atoms with Gasteiger partial charge in [-0.05, 0) is 78.5 Å². The molecule has 0 bridgehead atoms. The van der Waals surface area contributed by atoms with Crippen molar-refractivity contribution in [2.45, 2.75) is 25.5 Å². The molecule has 31 heavy (non-hydrogen) atoms. The maximum absolute atomic E-state index is 10.3. The summed E-state index contributed by atoms with van der Waals surface area (Å²) in [5, 5.41) is 29.6. The highest BCUT2D eigenvalue weighted by atomic mass is 16.5. The third-order valence-corrected chi connectivity index (χ3v) is 5.85. The van der Waals surface area contributed by atoms with Crippen molar-refractivity contribution in [1.29, 1.82) is 0 Å². The van der Waals surface area contributed by atoms with Crippen molar-refractivity contribution in [2.75, 3.05) is 20.7 Å². The standard InChI is InChI=1S/C25H27NO5/c1-26-10-9-18-13-24(30-2)23(29)14-20(18)21(26)11-16-3-6-19(7-4-16)31-25-12-17(15-27)5-8-22(25)28/h3-8,12-14,21,27-29H,9-11,15H2,1-2H3. The summed E-state index contributed by atoms with van der Waals surface area (Å²) in [6.45, 7) is 0.820. The van der Waals surface area contributed by atoms with E-state index in [0.717, 1.165) is 30.5 Å². The van der Waals surface area contributed by atoms with Crippen LogP contribution < -0.4 is 9.47 Å². The molecule has 1 aliphatic rings. The van der Waals surface area contributed by atoms with Crippen molar-refractivity contribution in [1.82, 2.24) is 4.90 Å². The molecule has 0 spiro atoms. The third kappa shape index (κ3) is 4.45. The van der Waals surface area contributed by atoms with Gasteiger partial charge in [0, 0.05) is 12.6 Å². The Bertz CT molecular complexity index is 1060. The molecule has 0 fully saturated rings. The second-order valence-electron chi connectivity index (χ2n) is 7.88. The minimum atomic E-state index is -0.118. The van der Waals surface area contributed by atoms with E-state index in [4.69, 9.17) is 9.47 Å². The van der Waals surface area contributed by atoms with E-state index in [-0.39, 0.29) is 24.1 Å². The predicted octanol–water partition coefficient (Wildman–Crippen LogP) is 4.16. The van der Waals surface area contributed by atoms with Crippen molar-refractivity contribution in [3.63, 3.8) is 0 Å². The lowest BCUT2D eigenvalue weighted by molar-refractivity contribution is 0.228. The SMILES string of the molecule is COc1cc2c(cc1O)C(Cc1ccc(Oc3cc(CO)ccc3O)cc1)N(C)CC2. The first-order valence-electron chi connectivity index (χ1n) is 10.3. The Kier molecular flexibility index (Phi) is 6.02. The number of aliphatic hydroxyl groups excluding tert-OH is 1. The van der Waals surface area contributed by atoms with Crippen molar-refractivity contribution < 1.29 is 24.8 Å². The Hall–Kier alpha value is -3.22. The largest absolute Gasteiger partial charge is 0.504 e. The molecule has 3 N–H and O–H groups in total. The zero-order chi connectivity index (χ0) is 22.0. The van der Waals surface area contributed by atoms with Gasteiger partial charge < -0.3 is 24.8 Å². The molecule has 6 heteroatoms. The maximum atomic E-state index is 10.3. The molecule has 0 amide bonds. The lowest BCUT2D eigenvalue weighted by atomic mass is 9.88. The molecule has 1 heterocycles. The molecule has 3 aromatic rings. The van der Waals surface area contributed by atoms with Crippen LogP contribution in [0.4, 0.5) is 0 Å². The second kappa shape index (κ2) is 8.88. The lowest BCUT2D eigenvalue weighted by Gasteiger charge is -2.35. The van der Waals surface area contributed by atoms with E-state index in [1.807, 2.05) is 36.4 Å². The monoisotopic (exact) mass is 421 g/mol. The number of ether oxygens (including phenoxy) is 2. The Labute approximate surface area is 181 Å². The first-order chi connectivity index (χ1) is 15.0. The van der Waals surface area contributed by atoms with E-state index in [2.05, 4.69) is 11.9 Å². The van der Waals surface area contributed by atoms with E-state index < -0.39 is 0 Å². The van der Waals surface area contributed by atoms with Crippen molar-refractivity contribution >= 4 is 0 Å². The molecule has 1 aliphatic heterocycles. The van der Waals surface area contributed by atoms with Crippen LogP contribution in [-0.2, 0) is 19.4 Å². The van der Waals surface area contributed by atoms with Crippen molar-refractivity contribution in [2.24, 2.45) is 0 Å². The Morgan fingerprint density at radius 1 is 0.935 bits per heavy atom. The normalized spacial score (nSPS) is 16.0. The fourth-order valence-corrected chi connectivity index (χ4v) is 4.06. The number of aromatic hydroxyl groups is 2. The van der Waals surface area contributed by atoms with Gasteiger partial charge in [0.05, 0.1) is 13.7 Å². The van der Waals surface area contributed by atoms with Crippen LogP contribution in [0.25, 0.3) is 0 Å². The number of methoxy groups -OCH3 is 1. The van der Waals surface area contributed by atoms with E-state index >= 15 is 0 Å². The lowest BCUT2D eigenvalue weighted by Crippen LogP contribution is -2.33. The van der Waals surface area contributed by atoms with Crippen LogP contribution in [0.2, 0.25) is 0 Å². The zero-order valence-corrected chi connectivity index (χ0v) is 17.7. The Morgan fingerprint density at radius 2 is 1.68 bits per heavy atom. The second-order valence-corrected chi connectivity index (χ2v) is 7.88. The molecule has 1 unspecified atom stereocenters. The van der Waals surface area contributed by atoms with Crippen LogP contribution >= 0.6 is 0 Å². The molecule has 1 atom stereocenters. The number of fused-ring (bicyclic) bond motifs is 1. The smallest absolute Gasteiger partial charge is 0.169 e. The van der Waals surface area contributed by atoms with Crippen molar-refractivity contribution in [3.05, 3.63) is 76.9 Å². The summed E-state index contributed by atoms with van der Waals surface area (Å²) >= 11 is 0. The molecule has 0 aliphatic carbocycles. The van der Waals surface area contributed by atoms with Gasteiger partial charge in [-0.2, -0.15) is 0 Å². The molecule has 0 radical (unpaired) electrons. The first kappa shape index (κ1) is 21.0. The number of benzene rings is 3. The molecule has 0 aromatic heterocycles. The number of hydrogen-bond acceptors (Lipinski definition) is 6. The number of phenolic OH excluding ortho intramolecular Hbond substituents is 2. The number of rotatable bonds is 6. The summed E-state index contributed by atoms with van der Waals surface area (Å²) in [6, 6.07) is 16.5. The van der Waals surface area contributed by atoms with Gasteiger partial charge in [-0.25, -0.2) is 0 Å². The van der Waals surface area contributed by atoms with Gasteiger partial charge >= 0.3 is 0 Å². The Morgan fingerprint density at radius 3 is 2.39 bits per heavy atom. The molecule has 0 saturated heterocycles. The fourth-order valence-electron chi connectivity index (χ4n) is 4.06. The molecule has 3 aromatic carbocycles. The average Bonchev–Trinajstić information content (AvgIpc) is 2.78. The van der Waals surface area contributed by atoms with Crippen LogP contribution in [0.1, 0.15) is 28.3 Å². The number of hydrogen-bond donors (Lipinski definition) is 3. The van der Waals surface area contributed by atoms with Gasteiger partial charge in [-0.3, -0.25) is 4.90 Å². The molecule has 162 valence electrons. The van der Waals surface area contributed by atoms with Crippen molar-refractivity contribution in [3.8, 4) is 28.7 Å².